The Morgan fingerprint density at radius 1 is 0.875 bits per heavy atom. The number of amidine groups is 1. The maximum atomic E-state index is 12.9. The van der Waals surface area contributed by atoms with Gasteiger partial charge in [0.05, 0.1) is 0 Å². The van der Waals surface area contributed by atoms with Crippen molar-refractivity contribution in [1.29, 1.82) is 5.41 Å². The molecule has 7 heteroatoms. The first kappa shape index (κ1) is 22.1. The van der Waals surface area contributed by atoms with Gasteiger partial charge in [-0.3, -0.25) is 15.0 Å². The van der Waals surface area contributed by atoms with Gasteiger partial charge in [-0.2, -0.15) is 0 Å². The number of nitrogens with one attached hydrogen (secondary N) is 2. The van der Waals surface area contributed by atoms with Gasteiger partial charge in [-0.15, -0.1) is 0 Å². The van der Waals surface area contributed by atoms with Crippen molar-refractivity contribution in [3.05, 3.63) is 99.0 Å². The van der Waals surface area contributed by atoms with Gasteiger partial charge < -0.3 is 10.2 Å². The first-order chi connectivity index (χ1) is 15.4. The lowest BCUT2D eigenvalue weighted by molar-refractivity contribution is 0.0992. The minimum atomic E-state index is -0.351. The fourth-order valence-corrected chi connectivity index (χ4v) is 3.76. The second kappa shape index (κ2) is 9.55. The molecule has 4 rings (SSSR count). The van der Waals surface area contributed by atoms with Crippen molar-refractivity contribution in [3.8, 4) is 0 Å². The third kappa shape index (κ3) is 5.01. The van der Waals surface area contributed by atoms with Crippen molar-refractivity contribution in [2.45, 2.75) is 12.8 Å². The third-order valence-corrected chi connectivity index (χ3v) is 5.91. The molecule has 1 fully saturated rings. The number of rotatable bonds is 6. The van der Waals surface area contributed by atoms with Gasteiger partial charge in [0.25, 0.3) is 5.91 Å². The van der Waals surface area contributed by atoms with E-state index in [0.717, 1.165) is 25.1 Å². The molecular formula is C25H21Cl2N3O2. The summed E-state index contributed by atoms with van der Waals surface area (Å²) in [6, 6.07) is 18.8. The van der Waals surface area contributed by atoms with Gasteiger partial charge in [-0.1, -0.05) is 53.5 Å². The number of amides is 1. The first-order valence-electron chi connectivity index (χ1n) is 10.2. The van der Waals surface area contributed by atoms with E-state index in [1.165, 1.54) is 0 Å². The number of nitrogens with zero attached hydrogens (tertiary/aromatic N) is 1. The highest BCUT2D eigenvalue weighted by atomic mass is 35.5. The molecule has 0 unspecified atom stereocenters. The van der Waals surface area contributed by atoms with E-state index >= 15 is 0 Å². The van der Waals surface area contributed by atoms with Gasteiger partial charge in [-0.05, 0) is 48.4 Å². The zero-order chi connectivity index (χ0) is 22.7. The van der Waals surface area contributed by atoms with E-state index in [1.807, 2.05) is 4.90 Å². The molecule has 0 spiro atoms. The lowest BCUT2D eigenvalue weighted by Crippen LogP contribution is -2.42. The summed E-state index contributed by atoms with van der Waals surface area (Å²) < 4.78 is 0. The summed E-state index contributed by atoms with van der Waals surface area (Å²) in [4.78, 5) is 27.8. The van der Waals surface area contributed by atoms with Crippen LogP contribution in [-0.4, -0.2) is 35.5 Å². The zero-order valence-electron chi connectivity index (χ0n) is 17.2. The Kier molecular flexibility index (Phi) is 6.58. The number of likely N-dealkylation sites (tertiary alicyclic amines) is 1. The van der Waals surface area contributed by atoms with Gasteiger partial charge in [0.15, 0.2) is 5.78 Å². The number of hydrogen-bond donors (Lipinski definition) is 2. The number of anilines is 1. The van der Waals surface area contributed by atoms with Crippen LogP contribution in [0, 0.1) is 5.41 Å². The molecule has 5 nitrogen and oxygen atoms in total. The number of halogens is 2. The summed E-state index contributed by atoms with van der Waals surface area (Å²) in [5.41, 5.74) is 2.84. The van der Waals surface area contributed by atoms with E-state index in [2.05, 4.69) is 5.32 Å². The normalized spacial score (nSPS) is 12.8. The second-order valence-corrected chi connectivity index (χ2v) is 8.50. The summed E-state index contributed by atoms with van der Waals surface area (Å²) >= 11 is 12.0. The van der Waals surface area contributed by atoms with Gasteiger partial charge in [-0.25, -0.2) is 0 Å². The Balaban J connectivity index is 1.49. The molecule has 1 heterocycles. The number of hydrogen-bond acceptors (Lipinski definition) is 3. The lowest BCUT2D eigenvalue weighted by Gasteiger charge is -2.33. The highest BCUT2D eigenvalue weighted by molar-refractivity contribution is 6.31. The van der Waals surface area contributed by atoms with Crippen LogP contribution in [0.15, 0.2) is 66.7 Å². The van der Waals surface area contributed by atoms with Crippen LogP contribution in [0.4, 0.5) is 5.69 Å². The molecule has 1 aliphatic heterocycles. The van der Waals surface area contributed by atoms with Crippen LogP contribution in [0.2, 0.25) is 10.0 Å². The highest BCUT2D eigenvalue weighted by Crippen LogP contribution is 2.21. The fraction of sp³-hybridized carbons (Fsp3) is 0.160. The van der Waals surface area contributed by atoms with E-state index in [4.69, 9.17) is 28.6 Å². The fourth-order valence-electron chi connectivity index (χ4n) is 3.46. The number of carbonyl (C=O) groups is 2. The van der Waals surface area contributed by atoms with Crippen molar-refractivity contribution in [3.63, 3.8) is 0 Å². The molecule has 0 aromatic heterocycles. The topological polar surface area (TPSA) is 73.3 Å². The van der Waals surface area contributed by atoms with Crippen LogP contribution < -0.4 is 5.32 Å². The number of ketones is 1. The standard InChI is InChI=1S/C25H21Cl2N3O2/c26-19-8-10-21(11-9-19)29-25(32)22-15-20(27)7-6-18(22)14-23(31)16-2-4-17(5-3-16)24(28)30-12-1-13-30/h2-11,15,28H,1,12-14H2,(H,29,32). The van der Waals surface area contributed by atoms with Crippen LogP contribution in [-0.2, 0) is 6.42 Å². The molecule has 0 radical (unpaired) electrons. The van der Waals surface area contributed by atoms with Gasteiger partial charge >= 0.3 is 0 Å². The van der Waals surface area contributed by atoms with Gasteiger partial charge in [0.2, 0.25) is 0 Å². The molecule has 2 N–H and O–H groups in total. The summed E-state index contributed by atoms with van der Waals surface area (Å²) in [5.74, 6) is 0.0139. The van der Waals surface area contributed by atoms with Crippen LogP contribution in [0.25, 0.3) is 0 Å². The summed E-state index contributed by atoms with van der Waals surface area (Å²) in [6.07, 6.45) is 1.16. The van der Waals surface area contributed by atoms with Crippen molar-refractivity contribution in [2.24, 2.45) is 0 Å². The Morgan fingerprint density at radius 3 is 2.12 bits per heavy atom. The molecule has 0 aliphatic carbocycles. The molecule has 1 aliphatic rings. The molecule has 3 aromatic carbocycles. The third-order valence-electron chi connectivity index (χ3n) is 5.42. The van der Waals surface area contributed by atoms with Gasteiger partial charge in [0.1, 0.15) is 5.84 Å². The van der Waals surface area contributed by atoms with E-state index < -0.39 is 0 Å². The van der Waals surface area contributed by atoms with Crippen molar-refractivity contribution in [2.75, 3.05) is 18.4 Å². The molecule has 162 valence electrons. The maximum absolute atomic E-state index is 12.9. The average Bonchev–Trinajstić information content (AvgIpc) is 2.75. The summed E-state index contributed by atoms with van der Waals surface area (Å²) in [7, 11) is 0. The Morgan fingerprint density at radius 2 is 1.50 bits per heavy atom. The van der Waals surface area contributed by atoms with Crippen molar-refractivity contribution < 1.29 is 9.59 Å². The highest BCUT2D eigenvalue weighted by Gasteiger charge is 2.19. The predicted octanol–water partition coefficient (Wildman–Crippen LogP) is 5.70. The monoisotopic (exact) mass is 465 g/mol. The van der Waals surface area contributed by atoms with Crippen LogP contribution in [0.1, 0.15) is 38.3 Å². The van der Waals surface area contributed by atoms with E-state index in [9.17, 15) is 9.59 Å². The number of carbonyl (C=O) groups excluding carboxylic acids is 2. The summed E-state index contributed by atoms with van der Waals surface area (Å²) in [6.45, 7) is 1.80. The molecule has 3 aromatic rings. The number of Topliss-reactive ketones (excluding diaryl/α,β-unsaturated/α-hetero) is 1. The number of benzene rings is 3. The molecule has 1 amide bonds. The first-order valence-corrected chi connectivity index (χ1v) is 11.0. The van der Waals surface area contributed by atoms with Crippen LogP contribution in [0.5, 0.6) is 0 Å². The van der Waals surface area contributed by atoms with Gasteiger partial charge in [0, 0.05) is 51.9 Å². The molecule has 0 saturated carbocycles. The molecule has 0 bridgehead atoms. The molecular weight excluding hydrogens is 445 g/mol. The molecule has 0 atom stereocenters. The minimum absolute atomic E-state index is 0.0590. The predicted molar refractivity (Wildman–Crippen MR) is 128 cm³/mol. The Hall–Kier alpha value is -3.15. The molecule has 32 heavy (non-hydrogen) atoms. The average molecular weight is 466 g/mol. The minimum Gasteiger partial charge on any atom is -0.356 e. The SMILES string of the molecule is N=C(c1ccc(C(=O)Cc2ccc(Cl)cc2C(=O)Nc2ccc(Cl)cc2)cc1)N1CCC1. The summed E-state index contributed by atoms with van der Waals surface area (Å²) in [5, 5.41) is 12.0. The van der Waals surface area contributed by atoms with Crippen molar-refractivity contribution in [1.82, 2.24) is 4.90 Å². The lowest BCUT2D eigenvalue weighted by atomic mass is 9.97. The quantitative estimate of drug-likeness (QED) is 0.278. The molecule has 1 saturated heterocycles. The smallest absolute Gasteiger partial charge is 0.256 e. The van der Waals surface area contributed by atoms with E-state index in [-0.39, 0.29) is 18.1 Å². The van der Waals surface area contributed by atoms with Crippen molar-refractivity contribution >= 4 is 46.4 Å². The largest absolute Gasteiger partial charge is 0.356 e. The van der Waals surface area contributed by atoms with Crippen LogP contribution >= 0.6 is 23.2 Å². The second-order valence-electron chi connectivity index (χ2n) is 7.63. The van der Waals surface area contributed by atoms with Crippen LogP contribution in [0.3, 0.4) is 0 Å². The Bertz CT molecular complexity index is 1170. The zero-order valence-corrected chi connectivity index (χ0v) is 18.7. The maximum Gasteiger partial charge on any atom is 0.256 e. The van der Waals surface area contributed by atoms with E-state index in [0.29, 0.717) is 38.3 Å². The Labute approximate surface area is 196 Å². The van der Waals surface area contributed by atoms with E-state index in [1.54, 1.807) is 66.7 Å².